The summed E-state index contributed by atoms with van der Waals surface area (Å²) >= 11 is 0. The van der Waals surface area contributed by atoms with E-state index in [9.17, 15) is 4.79 Å². The molecular weight excluding hydrogens is 248 g/mol. The van der Waals surface area contributed by atoms with E-state index >= 15 is 0 Å². The molecule has 0 saturated heterocycles. The summed E-state index contributed by atoms with van der Waals surface area (Å²) in [5.74, 6) is 0.00710. The second-order valence-corrected chi connectivity index (χ2v) is 4.96. The van der Waals surface area contributed by atoms with Gasteiger partial charge in [0.15, 0.2) is 5.78 Å². The monoisotopic (exact) mass is 268 g/mol. The van der Waals surface area contributed by atoms with E-state index in [1.165, 1.54) is 5.56 Å². The fraction of sp³-hybridized carbons (Fsp3) is 0.294. The Morgan fingerprint density at radius 1 is 1.25 bits per heavy atom. The quantitative estimate of drug-likeness (QED) is 0.628. The van der Waals surface area contributed by atoms with Gasteiger partial charge in [-0.15, -0.1) is 0 Å². The van der Waals surface area contributed by atoms with Gasteiger partial charge in [0, 0.05) is 12.7 Å². The fourth-order valence-electron chi connectivity index (χ4n) is 2.25. The molecule has 0 atom stereocenters. The molecule has 2 rings (SSSR count). The highest BCUT2D eigenvalue weighted by Crippen LogP contribution is 2.14. The molecule has 104 valence electrons. The normalized spacial score (nSPS) is 11.2. The number of hydrogen-bond acceptors (Lipinski definition) is 2. The first-order valence-corrected chi connectivity index (χ1v) is 6.84. The van der Waals surface area contributed by atoms with Gasteiger partial charge >= 0.3 is 0 Å². The highest BCUT2D eigenvalue weighted by atomic mass is 16.1. The van der Waals surface area contributed by atoms with Crippen molar-refractivity contribution in [3.8, 4) is 0 Å². The van der Waals surface area contributed by atoms with Crippen LogP contribution in [0, 0.1) is 13.8 Å². The van der Waals surface area contributed by atoms with Gasteiger partial charge in [-0.2, -0.15) is 5.10 Å². The highest BCUT2D eigenvalue weighted by Gasteiger charge is 2.14. The molecule has 3 heteroatoms. The number of carbonyl (C=O) groups is 1. The van der Waals surface area contributed by atoms with E-state index in [0.29, 0.717) is 5.56 Å². The van der Waals surface area contributed by atoms with Crippen molar-refractivity contribution in [1.82, 2.24) is 9.78 Å². The van der Waals surface area contributed by atoms with Crippen molar-refractivity contribution in [3.63, 3.8) is 0 Å². The molecular formula is C17H20N2O. The van der Waals surface area contributed by atoms with Crippen LogP contribution in [0.25, 0.3) is 6.08 Å². The van der Waals surface area contributed by atoms with Gasteiger partial charge in [-0.25, -0.2) is 0 Å². The molecule has 0 radical (unpaired) electrons. The summed E-state index contributed by atoms with van der Waals surface area (Å²) in [6.45, 7) is 5.91. The van der Waals surface area contributed by atoms with E-state index in [-0.39, 0.29) is 5.78 Å². The van der Waals surface area contributed by atoms with Gasteiger partial charge in [-0.1, -0.05) is 37.3 Å². The molecule has 0 fully saturated rings. The lowest BCUT2D eigenvalue weighted by Crippen LogP contribution is -1.99. The van der Waals surface area contributed by atoms with Crippen LogP contribution in [0.2, 0.25) is 0 Å². The molecule has 0 amide bonds. The van der Waals surface area contributed by atoms with Gasteiger partial charge in [0.25, 0.3) is 0 Å². The van der Waals surface area contributed by atoms with Crippen molar-refractivity contribution in [3.05, 3.63) is 58.4 Å². The number of allylic oxidation sites excluding steroid dienone is 1. The molecule has 0 spiro atoms. The maximum absolute atomic E-state index is 12.3. The number of aryl methyl sites for hydroxylation is 3. The first kappa shape index (κ1) is 14.3. The van der Waals surface area contributed by atoms with E-state index in [1.54, 1.807) is 10.8 Å². The van der Waals surface area contributed by atoms with Crippen LogP contribution >= 0.6 is 0 Å². The van der Waals surface area contributed by atoms with Gasteiger partial charge < -0.3 is 0 Å². The maximum Gasteiger partial charge on any atom is 0.189 e. The first-order valence-electron chi connectivity index (χ1n) is 6.84. The Morgan fingerprint density at radius 2 is 1.90 bits per heavy atom. The Balaban J connectivity index is 2.20. The Hall–Kier alpha value is -2.16. The second-order valence-electron chi connectivity index (χ2n) is 4.96. The third-order valence-electron chi connectivity index (χ3n) is 3.57. The van der Waals surface area contributed by atoms with Crippen molar-refractivity contribution in [2.24, 2.45) is 7.05 Å². The molecule has 0 N–H and O–H groups in total. The molecule has 0 unspecified atom stereocenters. The third-order valence-corrected chi connectivity index (χ3v) is 3.57. The lowest BCUT2D eigenvalue weighted by molar-refractivity contribution is 0.104. The summed E-state index contributed by atoms with van der Waals surface area (Å²) in [6.07, 6.45) is 4.50. The minimum Gasteiger partial charge on any atom is -0.289 e. The van der Waals surface area contributed by atoms with Crippen molar-refractivity contribution >= 4 is 11.9 Å². The molecule has 0 bridgehead atoms. The number of carbonyl (C=O) groups excluding carboxylic acids is 1. The zero-order chi connectivity index (χ0) is 14.7. The van der Waals surface area contributed by atoms with Crippen LogP contribution in [0.5, 0.6) is 0 Å². The molecule has 3 nitrogen and oxygen atoms in total. The number of rotatable bonds is 4. The zero-order valence-corrected chi connectivity index (χ0v) is 12.5. The van der Waals surface area contributed by atoms with Crippen LogP contribution in [0.15, 0.2) is 30.3 Å². The van der Waals surface area contributed by atoms with Crippen LogP contribution < -0.4 is 0 Å². The van der Waals surface area contributed by atoms with Crippen LogP contribution in [-0.2, 0) is 13.5 Å². The van der Waals surface area contributed by atoms with Crippen LogP contribution in [0.4, 0.5) is 0 Å². The standard InChI is InChI=1S/C17H20N2O/c1-5-14-6-8-15(9-7-14)10-11-16(20)17-12(2)18-19(4)13(17)3/h6-11H,5H2,1-4H3/b11-10+. The third kappa shape index (κ3) is 2.87. The average Bonchev–Trinajstić information content (AvgIpc) is 2.70. The van der Waals surface area contributed by atoms with Crippen molar-refractivity contribution in [2.75, 3.05) is 0 Å². The van der Waals surface area contributed by atoms with Crippen LogP contribution in [0.1, 0.15) is 39.8 Å². The summed E-state index contributed by atoms with van der Waals surface area (Å²) in [4.78, 5) is 12.3. The molecule has 0 aliphatic rings. The van der Waals surface area contributed by atoms with Gasteiger partial charge in [-0.05, 0) is 37.5 Å². The number of aromatic nitrogens is 2. The predicted molar refractivity (Wildman–Crippen MR) is 81.9 cm³/mol. The van der Waals surface area contributed by atoms with Crippen molar-refractivity contribution in [2.45, 2.75) is 27.2 Å². The molecule has 0 saturated carbocycles. The van der Waals surface area contributed by atoms with Gasteiger partial charge in [0.1, 0.15) is 0 Å². The van der Waals surface area contributed by atoms with Crippen LogP contribution in [-0.4, -0.2) is 15.6 Å². The van der Waals surface area contributed by atoms with E-state index in [4.69, 9.17) is 0 Å². The summed E-state index contributed by atoms with van der Waals surface area (Å²) < 4.78 is 1.74. The van der Waals surface area contributed by atoms with Crippen LogP contribution in [0.3, 0.4) is 0 Å². The SMILES string of the molecule is CCc1ccc(/C=C/C(=O)c2c(C)nn(C)c2C)cc1. The lowest BCUT2D eigenvalue weighted by Gasteiger charge is -1.98. The Kier molecular flexibility index (Phi) is 4.18. The average molecular weight is 268 g/mol. The zero-order valence-electron chi connectivity index (χ0n) is 12.5. The minimum atomic E-state index is 0.00710. The van der Waals surface area contributed by atoms with E-state index in [0.717, 1.165) is 23.4 Å². The van der Waals surface area contributed by atoms with Crippen molar-refractivity contribution in [1.29, 1.82) is 0 Å². The number of benzene rings is 1. The Bertz CT molecular complexity index is 648. The molecule has 1 aromatic heterocycles. The molecule has 1 heterocycles. The summed E-state index contributed by atoms with van der Waals surface area (Å²) in [7, 11) is 1.85. The summed E-state index contributed by atoms with van der Waals surface area (Å²) in [6, 6.07) is 8.24. The van der Waals surface area contributed by atoms with Gasteiger partial charge in [-0.3, -0.25) is 9.48 Å². The van der Waals surface area contributed by atoms with Gasteiger partial charge in [0.2, 0.25) is 0 Å². The fourth-order valence-corrected chi connectivity index (χ4v) is 2.25. The number of ketones is 1. The first-order chi connectivity index (χ1) is 9.52. The summed E-state index contributed by atoms with van der Waals surface area (Å²) in [5.41, 5.74) is 4.72. The Morgan fingerprint density at radius 3 is 2.40 bits per heavy atom. The molecule has 20 heavy (non-hydrogen) atoms. The molecule has 2 aromatic rings. The van der Waals surface area contributed by atoms with E-state index in [2.05, 4.69) is 24.2 Å². The maximum atomic E-state index is 12.3. The molecule has 0 aliphatic carbocycles. The predicted octanol–water partition coefficient (Wildman–Crippen LogP) is 3.50. The topological polar surface area (TPSA) is 34.9 Å². The molecule has 0 aliphatic heterocycles. The minimum absolute atomic E-state index is 0.00710. The summed E-state index contributed by atoms with van der Waals surface area (Å²) in [5, 5.41) is 4.27. The highest BCUT2D eigenvalue weighted by molar-refractivity contribution is 6.08. The smallest absolute Gasteiger partial charge is 0.189 e. The Labute approximate surface area is 119 Å². The van der Waals surface area contributed by atoms with E-state index in [1.807, 2.05) is 39.1 Å². The molecule has 1 aromatic carbocycles. The lowest BCUT2D eigenvalue weighted by atomic mass is 10.1. The number of nitrogens with zero attached hydrogens (tertiary/aromatic N) is 2. The largest absolute Gasteiger partial charge is 0.289 e. The van der Waals surface area contributed by atoms with Crippen molar-refractivity contribution < 1.29 is 4.79 Å². The van der Waals surface area contributed by atoms with Gasteiger partial charge in [0.05, 0.1) is 11.3 Å². The second kappa shape index (κ2) is 5.87. The van der Waals surface area contributed by atoms with E-state index < -0.39 is 0 Å². The number of hydrogen-bond donors (Lipinski definition) is 0.